The third kappa shape index (κ3) is 2.66. The van der Waals surface area contributed by atoms with Crippen molar-refractivity contribution in [2.75, 3.05) is 36.4 Å². The quantitative estimate of drug-likeness (QED) is 0.585. The lowest BCUT2D eigenvalue weighted by Gasteiger charge is -2.34. The third-order valence-electron chi connectivity index (χ3n) is 2.89. The molecule has 0 radical (unpaired) electrons. The van der Waals surface area contributed by atoms with E-state index in [2.05, 4.69) is 20.2 Å². The summed E-state index contributed by atoms with van der Waals surface area (Å²) in [5, 5.41) is 11.0. The van der Waals surface area contributed by atoms with Gasteiger partial charge in [-0.25, -0.2) is 9.97 Å². The van der Waals surface area contributed by atoms with E-state index in [1.165, 1.54) is 6.33 Å². The fourth-order valence-corrected chi connectivity index (χ4v) is 1.90. The maximum atomic E-state index is 11.2. The van der Waals surface area contributed by atoms with E-state index in [1.54, 1.807) is 13.0 Å². The highest BCUT2D eigenvalue weighted by Gasteiger charge is 2.19. The minimum absolute atomic E-state index is 0.101. The number of nitrogens with zero attached hydrogens (tertiary/aromatic N) is 5. The van der Waals surface area contributed by atoms with Crippen molar-refractivity contribution in [1.29, 1.82) is 5.26 Å². The van der Waals surface area contributed by atoms with E-state index in [1.807, 2.05) is 11.1 Å². The summed E-state index contributed by atoms with van der Waals surface area (Å²) in [6.45, 7) is 4.45. The van der Waals surface area contributed by atoms with Crippen LogP contribution < -0.4 is 10.2 Å². The molecule has 0 aliphatic carbocycles. The summed E-state index contributed by atoms with van der Waals surface area (Å²) in [5.74, 6) is 1.35. The molecule has 0 aromatic carbocycles. The number of nitriles is 1. The molecule has 94 valence electrons. The van der Waals surface area contributed by atoms with E-state index in [4.69, 9.17) is 5.26 Å². The summed E-state index contributed by atoms with van der Waals surface area (Å²) in [6, 6.07) is 1.73. The van der Waals surface area contributed by atoms with Crippen LogP contribution >= 0.6 is 0 Å². The average molecular weight is 246 g/mol. The van der Waals surface area contributed by atoms with Crippen LogP contribution in [0.2, 0.25) is 0 Å². The third-order valence-corrected chi connectivity index (χ3v) is 2.89. The molecule has 1 amide bonds. The first-order chi connectivity index (χ1) is 8.70. The average Bonchev–Trinajstić information content (AvgIpc) is 2.39. The predicted molar refractivity (Wildman–Crippen MR) is 65.7 cm³/mol. The number of anilines is 2. The topological polar surface area (TPSA) is 85.2 Å². The molecule has 0 atom stereocenters. The molecule has 1 aliphatic rings. The minimum Gasteiger partial charge on any atom is -0.353 e. The number of aromatic nitrogens is 2. The van der Waals surface area contributed by atoms with Crippen molar-refractivity contribution in [2.24, 2.45) is 0 Å². The first kappa shape index (κ1) is 12.1. The summed E-state index contributed by atoms with van der Waals surface area (Å²) in [6.07, 6.45) is 3.25. The van der Waals surface area contributed by atoms with E-state index >= 15 is 0 Å². The zero-order chi connectivity index (χ0) is 13.0. The Hall–Kier alpha value is -2.36. The van der Waals surface area contributed by atoms with Crippen LogP contribution in [0.15, 0.2) is 12.4 Å². The maximum absolute atomic E-state index is 11.2. The van der Waals surface area contributed by atoms with Gasteiger partial charge < -0.3 is 9.80 Å². The molecule has 1 aromatic rings. The molecule has 1 saturated heterocycles. The Kier molecular flexibility index (Phi) is 3.57. The predicted octanol–water partition coefficient (Wildman–Crippen LogP) is 0.0381. The second kappa shape index (κ2) is 5.31. The second-order valence-electron chi connectivity index (χ2n) is 3.99. The number of rotatable bonds is 2. The molecule has 0 spiro atoms. The van der Waals surface area contributed by atoms with Crippen LogP contribution in [0.4, 0.5) is 11.6 Å². The van der Waals surface area contributed by atoms with Gasteiger partial charge in [0.05, 0.1) is 0 Å². The number of amides is 1. The lowest BCUT2D eigenvalue weighted by atomic mass is 10.3. The van der Waals surface area contributed by atoms with Crippen molar-refractivity contribution in [3.63, 3.8) is 0 Å². The molecule has 1 fully saturated rings. The Bertz CT molecular complexity index is 475. The Labute approximate surface area is 105 Å². The summed E-state index contributed by atoms with van der Waals surface area (Å²) in [5.41, 5.74) is 0. The van der Waals surface area contributed by atoms with E-state index in [0.717, 1.165) is 18.9 Å². The summed E-state index contributed by atoms with van der Waals surface area (Å²) in [4.78, 5) is 23.2. The maximum Gasteiger partial charge on any atom is 0.219 e. The molecule has 7 nitrogen and oxygen atoms in total. The number of nitrogens with one attached hydrogen (secondary N) is 1. The van der Waals surface area contributed by atoms with Gasteiger partial charge in [0, 0.05) is 39.2 Å². The monoisotopic (exact) mass is 246 g/mol. The molecule has 1 aromatic heterocycles. The van der Waals surface area contributed by atoms with Crippen molar-refractivity contribution in [3.8, 4) is 6.19 Å². The first-order valence-electron chi connectivity index (χ1n) is 5.68. The number of piperazine rings is 1. The lowest BCUT2D eigenvalue weighted by molar-refractivity contribution is -0.129. The molecule has 0 saturated carbocycles. The molecule has 2 rings (SSSR count). The number of hydrogen-bond acceptors (Lipinski definition) is 6. The fraction of sp³-hybridized carbons (Fsp3) is 0.455. The summed E-state index contributed by atoms with van der Waals surface area (Å²) < 4.78 is 0. The Morgan fingerprint density at radius 2 is 2.11 bits per heavy atom. The molecule has 1 aliphatic heterocycles. The van der Waals surface area contributed by atoms with E-state index in [-0.39, 0.29) is 5.91 Å². The van der Waals surface area contributed by atoms with Crippen LogP contribution in [0.25, 0.3) is 0 Å². The zero-order valence-corrected chi connectivity index (χ0v) is 10.1. The van der Waals surface area contributed by atoms with Crippen LogP contribution in [-0.2, 0) is 4.79 Å². The molecular weight excluding hydrogens is 232 g/mol. The van der Waals surface area contributed by atoms with Gasteiger partial charge in [-0.2, -0.15) is 5.26 Å². The van der Waals surface area contributed by atoms with Crippen molar-refractivity contribution >= 4 is 17.5 Å². The molecule has 0 bridgehead atoms. The van der Waals surface area contributed by atoms with Gasteiger partial charge in [0.25, 0.3) is 0 Å². The normalized spacial score (nSPS) is 15.1. The van der Waals surface area contributed by atoms with Gasteiger partial charge in [-0.1, -0.05) is 0 Å². The smallest absolute Gasteiger partial charge is 0.219 e. The number of carbonyl (C=O) groups is 1. The molecule has 18 heavy (non-hydrogen) atoms. The summed E-state index contributed by atoms with van der Waals surface area (Å²) in [7, 11) is 0. The Morgan fingerprint density at radius 1 is 1.39 bits per heavy atom. The molecular formula is C11H14N6O. The fourth-order valence-electron chi connectivity index (χ4n) is 1.90. The van der Waals surface area contributed by atoms with Gasteiger partial charge in [-0.15, -0.1) is 0 Å². The van der Waals surface area contributed by atoms with Gasteiger partial charge in [0.15, 0.2) is 6.19 Å². The van der Waals surface area contributed by atoms with Crippen LogP contribution in [0, 0.1) is 11.5 Å². The molecule has 7 heteroatoms. The highest BCUT2D eigenvalue weighted by atomic mass is 16.2. The SMILES string of the molecule is CC(=O)N1CCN(c2cc(NC#N)ncn2)CC1. The number of hydrogen-bond donors (Lipinski definition) is 1. The van der Waals surface area contributed by atoms with Crippen LogP contribution in [0.3, 0.4) is 0 Å². The van der Waals surface area contributed by atoms with Gasteiger partial charge in [-0.3, -0.25) is 10.1 Å². The zero-order valence-electron chi connectivity index (χ0n) is 10.1. The van der Waals surface area contributed by atoms with Gasteiger partial charge in [0.2, 0.25) is 5.91 Å². The molecule has 2 heterocycles. The van der Waals surface area contributed by atoms with E-state index < -0.39 is 0 Å². The Balaban J connectivity index is 2.03. The molecule has 1 N–H and O–H groups in total. The van der Waals surface area contributed by atoms with Crippen LogP contribution in [0.5, 0.6) is 0 Å². The van der Waals surface area contributed by atoms with Crippen molar-refractivity contribution in [1.82, 2.24) is 14.9 Å². The Morgan fingerprint density at radius 3 is 2.72 bits per heavy atom. The lowest BCUT2D eigenvalue weighted by Crippen LogP contribution is -2.48. The summed E-state index contributed by atoms with van der Waals surface area (Å²) >= 11 is 0. The van der Waals surface area contributed by atoms with Crippen molar-refractivity contribution in [2.45, 2.75) is 6.92 Å². The van der Waals surface area contributed by atoms with E-state index in [9.17, 15) is 4.79 Å². The highest BCUT2D eigenvalue weighted by molar-refractivity contribution is 5.73. The van der Waals surface area contributed by atoms with Gasteiger partial charge >= 0.3 is 0 Å². The second-order valence-corrected chi connectivity index (χ2v) is 3.99. The van der Waals surface area contributed by atoms with E-state index in [0.29, 0.717) is 18.9 Å². The van der Waals surface area contributed by atoms with Crippen molar-refractivity contribution < 1.29 is 4.79 Å². The van der Waals surface area contributed by atoms with Crippen molar-refractivity contribution in [3.05, 3.63) is 12.4 Å². The van der Waals surface area contributed by atoms with Crippen LogP contribution in [0.1, 0.15) is 6.92 Å². The largest absolute Gasteiger partial charge is 0.353 e. The minimum atomic E-state index is 0.101. The van der Waals surface area contributed by atoms with Gasteiger partial charge in [-0.05, 0) is 0 Å². The first-order valence-corrected chi connectivity index (χ1v) is 5.68. The van der Waals surface area contributed by atoms with Gasteiger partial charge in [0.1, 0.15) is 18.0 Å². The standard InChI is InChI=1S/C11H14N6O/c1-9(18)16-2-4-17(5-3-16)11-6-10(13-7-12)14-8-15-11/h6,8H,2-5H2,1H3,(H,13,14,15). The number of carbonyl (C=O) groups excluding carboxylic acids is 1. The molecule has 0 unspecified atom stereocenters. The highest BCUT2D eigenvalue weighted by Crippen LogP contribution is 2.15. The van der Waals surface area contributed by atoms with Crippen LogP contribution in [-0.4, -0.2) is 47.0 Å².